The number of ether oxygens (including phenoxy) is 1. The maximum atomic E-state index is 5.48. The highest BCUT2D eigenvalue weighted by atomic mass is 32.1. The maximum Gasteiger partial charge on any atom is 0.137 e. The zero-order valence-corrected chi connectivity index (χ0v) is 15.0. The van der Waals surface area contributed by atoms with E-state index in [2.05, 4.69) is 39.3 Å². The van der Waals surface area contributed by atoms with Crippen LogP contribution in [0.4, 0.5) is 10.7 Å². The fraction of sp³-hybridized carbons (Fsp3) is 0.150. The van der Waals surface area contributed by atoms with Crippen LogP contribution in [-0.4, -0.2) is 16.0 Å². The fourth-order valence-corrected chi connectivity index (χ4v) is 3.74. The highest BCUT2D eigenvalue weighted by Gasteiger charge is 2.12. The molecule has 0 aliphatic heterocycles. The number of hydrogen-bond donors (Lipinski definition) is 1. The summed E-state index contributed by atoms with van der Waals surface area (Å²) in [5.74, 6) is 0.890. The monoisotopic (exact) mass is 349 g/mol. The molecule has 5 heteroatoms. The Morgan fingerprint density at radius 2 is 2.00 bits per heavy atom. The first-order chi connectivity index (χ1) is 12.2. The van der Waals surface area contributed by atoms with Gasteiger partial charge in [0.25, 0.3) is 0 Å². The molecule has 0 fully saturated rings. The molecule has 0 saturated heterocycles. The number of imidazole rings is 1. The number of benzene rings is 1. The van der Waals surface area contributed by atoms with Gasteiger partial charge in [0.05, 0.1) is 23.0 Å². The molecule has 4 nitrogen and oxygen atoms in total. The Balaban J connectivity index is 1.60. The largest absolute Gasteiger partial charge is 0.494 e. The molecular weight excluding hydrogens is 330 g/mol. The number of thiophene rings is 1. The Kier molecular flexibility index (Phi) is 4.15. The minimum atomic E-state index is 0.680. The normalized spacial score (nSPS) is 11.0. The Bertz CT molecular complexity index is 1000. The fourth-order valence-electron chi connectivity index (χ4n) is 2.93. The Labute approximate surface area is 150 Å². The second-order valence-corrected chi connectivity index (χ2v) is 6.67. The van der Waals surface area contributed by atoms with Gasteiger partial charge in [0.2, 0.25) is 0 Å². The van der Waals surface area contributed by atoms with Crippen molar-refractivity contribution in [3.05, 3.63) is 65.8 Å². The number of rotatable bonds is 5. The van der Waals surface area contributed by atoms with Crippen molar-refractivity contribution >= 4 is 27.7 Å². The number of aryl methyl sites for hydroxylation is 1. The molecule has 1 N–H and O–H groups in total. The Morgan fingerprint density at radius 3 is 2.80 bits per heavy atom. The van der Waals surface area contributed by atoms with Crippen LogP contribution in [0.1, 0.15) is 12.6 Å². The number of anilines is 2. The summed E-state index contributed by atoms with van der Waals surface area (Å²) < 4.78 is 7.62. The molecule has 4 aromatic rings. The standard InChI is InChI=1S/C20H19N3OS/c1-3-24-17-9-7-16(8-10-17)22-19-12-15(13-25-19)20-14(2)21-18-6-4-5-11-23(18)20/h4-13,22H,3H2,1-2H3. The number of hydrogen-bond acceptors (Lipinski definition) is 4. The van der Waals surface area contributed by atoms with Gasteiger partial charge >= 0.3 is 0 Å². The molecule has 0 spiro atoms. The number of fused-ring (bicyclic) bond motifs is 1. The average Bonchev–Trinajstić information content (AvgIpc) is 3.19. The predicted octanol–water partition coefficient (Wildman–Crippen LogP) is 5.51. The van der Waals surface area contributed by atoms with Crippen LogP contribution in [0.15, 0.2) is 60.1 Å². The summed E-state index contributed by atoms with van der Waals surface area (Å²) in [7, 11) is 0. The number of aromatic nitrogens is 2. The summed E-state index contributed by atoms with van der Waals surface area (Å²) in [6, 6.07) is 16.3. The van der Waals surface area contributed by atoms with Crippen LogP contribution in [0, 0.1) is 6.92 Å². The molecule has 126 valence electrons. The highest BCUT2D eigenvalue weighted by Crippen LogP contribution is 2.33. The molecule has 0 atom stereocenters. The van der Waals surface area contributed by atoms with Crippen LogP contribution < -0.4 is 10.1 Å². The van der Waals surface area contributed by atoms with Crippen LogP contribution in [0.25, 0.3) is 16.9 Å². The van der Waals surface area contributed by atoms with Crippen molar-refractivity contribution in [1.82, 2.24) is 9.38 Å². The van der Waals surface area contributed by atoms with Crippen molar-refractivity contribution in [2.75, 3.05) is 11.9 Å². The molecular formula is C20H19N3OS. The molecule has 25 heavy (non-hydrogen) atoms. The molecule has 0 radical (unpaired) electrons. The summed E-state index contributed by atoms with van der Waals surface area (Å²) >= 11 is 1.69. The third-order valence-electron chi connectivity index (χ3n) is 4.01. The van der Waals surface area contributed by atoms with Crippen LogP contribution in [0.3, 0.4) is 0 Å². The quantitative estimate of drug-likeness (QED) is 0.516. The Morgan fingerprint density at radius 1 is 1.16 bits per heavy atom. The minimum absolute atomic E-state index is 0.680. The van der Waals surface area contributed by atoms with Gasteiger partial charge in [-0.3, -0.25) is 4.40 Å². The van der Waals surface area contributed by atoms with E-state index in [4.69, 9.17) is 4.74 Å². The van der Waals surface area contributed by atoms with Crippen molar-refractivity contribution in [3.63, 3.8) is 0 Å². The lowest BCUT2D eigenvalue weighted by Gasteiger charge is -2.06. The number of nitrogens with zero attached hydrogens (tertiary/aromatic N) is 2. The van der Waals surface area contributed by atoms with E-state index in [1.54, 1.807) is 11.3 Å². The van der Waals surface area contributed by atoms with Crippen LogP contribution >= 0.6 is 11.3 Å². The van der Waals surface area contributed by atoms with E-state index < -0.39 is 0 Å². The van der Waals surface area contributed by atoms with Crippen molar-refractivity contribution in [2.24, 2.45) is 0 Å². The van der Waals surface area contributed by atoms with Gasteiger partial charge in [-0.15, -0.1) is 11.3 Å². The first-order valence-electron chi connectivity index (χ1n) is 8.27. The molecule has 0 bridgehead atoms. The van der Waals surface area contributed by atoms with Gasteiger partial charge in [-0.05, 0) is 56.3 Å². The van der Waals surface area contributed by atoms with Crippen molar-refractivity contribution in [2.45, 2.75) is 13.8 Å². The smallest absolute Gasteiger partial charge is 0.137 e. The molecule has 3 aromatic heterocycles. The predicted molar refractivity (Wildman–Crippen MR) is 104 cm³/mol. The highest BCUT2D eigenvalue weighted by molar-refractivity contribution is 7.14. The van der Waals surface area contributed by atoms with Gasteiger partial charge in [-0.25, -0.2) is 4.98 Å². The van der Waals surface area contributed by atoms with E-state index in [0.29, 0.717) is 6.61 Å². The van der Waals surface area contributed by atoms with Crippen molar-refractivity contribution < 1.29 is 4.74 Å². The van der Waals surface area contributed by atoms with Gasteiger partial charge in [-0.2, -0.15) is 0 Å². The van der Waals surface area contributed by atoms with Crippen molar-refractivity contribution in [3.8, 4) is 17.0 Å². The van der Waals surface area contributed by atoms with Crippen LogP contribution in [0.5, 0.6) is 5.75 Å². The van der Waals surface area contributed by atoms with Gasteiger partial charge < -0.3 is 10.1 Å². The van der Waals surface area contributed by atoms with Gasteiger partial charge in [-0.1, -0.05) is 6.07 Å². The summed E-state index contributed by atoms with van der Waals surface area (Å²) in [6.45, 7) is 4.72. The summed E-state index contributed by atoms with van der Waals surface area (Å²) in [6.07, 6.45) is 2.06. The number of pyridine rings is 1. The van der Waals surface area contributed by atoms with E-state index in [1.165, 1.54) is 5.56 Å². The molecule has 4 rings (SSSR count). The number of nitrogens with one attached hydrogen (secondary N) is 1. The molecule has 0 aliphatic rings. The topological polar surface area (TPSA) is 38.6 Å². The average molecular weight is 349 g/mol. The molecule has 0 amide bonds. The third-order valence-corrected chi connectivity index (χ3v) is 4.86. The van der Waals surface area contributed by atoms with Gasteiger partial charge in [0.1, 0.15) is 11.4 Å². The zero-order valence-electron chi connectivity index (χ0n) is 14.2. The molecule has 0 aliphatic carbocycles. The lowest BCUT2D eigenvalue weighted by atomic mass is 10.2. The summed E-state index contributed by atoms with van der Waals surface area (Å²) in [5.41, 5.74) is 5.38. The Hall–Kier alpha value is -2.79. The minimum Gasteiger partial charge on any atom is -0.494 e. The van der Waals surface area contributed by atoms with E-state index in [9.17, 15) is 0 Å². The van der Waals surface area contributed by atoms with E-state index in [-0.39, 0.29) is 0 Å². The van der Waals surface area contributed by atoms with E-state index in [0.717, 1.165) is 33.5 Å². The zero-order chi connectivity index (χ0) is 17.2. The molecule has 3 heterocycles. The third kappa shape index (κ3) is 3.10. The summed E-state index contributed by atoms with van der Waals surface area (Å²) in [5, 5.41) is 6.72. The second-order valence-electron chi connectivity index (χ2n) is 5.76. The van der Waals surface area contributed by atoms with Gasteiger partial charge in [0.15, 0.2) is 0 Å². The SMILES string of the molecule is CCOc1ccc(Nc2cc(-c3c(C)nc4ccccn34)cs2)cc1. The molecule has 0 unspecified atom stereocenters. The summed E-state index contributed by atoms with van der Waals surface area (Å²) in [4.78, 5) is 4.64. The molecule has 1 aromatic carbocycles. The van der Waals surface area contributed by atoms with Crippen LogP contribution in [0.2, 0.25) is 0 Å². The van der Waals surface area contributed by atoms with E-state index >= 15 is 0 Å². The van der Waals surface area contributed by atoms with Crippen molar-refractivity contribution in [1.29, 1.82) is 0 Å². The first-order valence-corrected chi connectivity index (χ1v) is 9.15. The van der Waals surface area contributed by atoms with E-state index in [1.807, 2.05) is 49.4 Å². The molecule has 0 saturated carbocycles. The van der Waals surface area contributed by atoms with Crippen LogP contribution in [-0.2, 0) is 0 Å². The lowest BCUT2D eigenvalue weighted by Crippen LogP contribution is -1.92. The maximum absolute atomic E-state index is 5.48. The lowest BCUT2D eigenvalue weighted by molar-refractivity contribution is 0.340. The first kappa shape index (κ1) is 15.7. The van der Waals surface area contributed by atoms with Gasteiger partial charge in [0, 0.05) is 22.8 Å². The second kappa shape index (κ2) is 6.61.